The van der Waals surface area contributed by atoms with Crippen LogP contribution in [0.2, 0.25) is 0 Å². The maximum Gasteiger partial charge on any atom is 0.108 e. The van der Waals surface area contributed by atoms with Crippen LogP contribution in [-0.2, 0) is 0 Å². The first-order valence-corrected chi connectivity index (χ1v) is 8.04. The third kappa shape index (κ3) is 3.12. The van der Waals surface area contributed by atoms with E-state index < -0.39 is 0 Å². The molecule has 0 aromatic carbocycles. The monoisotopic (exact) mass is 263 g/mol. The molecule has 1 saturated heterocycles. The molecule has 0 spiro atoms. The largest absolute Gasteiger partial charge is 0.300 e. The van der Waals surface area contributed by atoms with Crippen molar-refractivity contribution in [3.8, 4) is 6.07 Å². The van der Waals surface area contributed by atoms with Gasteiger partial charge in [-0.25, -0.2) is 0 Å². The molecule has 4 atom stereocenters. The van der Waals surface area contributed by atoms with Gasteiger partial charge < -0.3 is 0 Å². The van der Waals surface area contributed by atoms with Gasteiger partial charge in [0.05, 0.1) is 6.07 Å². The van der Waals surface area contributed by atoms with E-state index >= 15 is 0 Å². The summed E-state index contributed by atoms with van der Waals surface area (Å²) >= 11 is 0. The minimum Gasteiger partial charge on any atom is -0.300 e. The molecule has 3 heteroatoms. The van der Waals surface area contributed by atoms with Crippen LogP contribution < -0.4 is 5.32 Å². The Hall–Kier alpha value is -0.590. The molecule has 0 aromatic heterocycles. The summed E-state index contributed by atoms with van der Waals surface area (Å²) in [4.78, 5) is 2.69. The highest BCUT2D eigenvalue weighted by Gasteiger charge is 2.40. The lowest BCUT2D eigenvalue weighted by Gasteiger charge is -2.47. The lowest BCUT2D eigenvalue weighted by Crippen LogP contribution is -2.56. The summed E-state index contributed by atoms with van der Waals surface area (Å²) < 4.78 is 0. The van der Waals surface area contributed by atoms with Gasteiger partial charge in [-0.15, -0.1) is 0 Å². The molecule has 0 amide bonds. The standard InChI is InChI=1S/C16H29N3/c1-4-18-16(12-17)9-5-8-15(11-16)19-10-6-7-13(2)14(19)3/h13-15,18H,4-11H2,1-3H3. The van der Waals surface area contributed by atoms with E-state index in [1.807, 2.05) is 0 Å². The average Bonchev–Trinajstić information content (AvgIpc) is 2.42. The number of hydrogen-bond acceptors (Lipinski definition) is 3. The second kappa shape index (κ2) is 6.24. The van der Waals surface area contributed by atoms with Crippen LogP contribution in [0.25, 0.3) is 0 Å². The van der Waals surface area contributed by atoms with Crippen LogP contribution in [0.1, 0.15) is 59.3 Å². The second-order valence-corrected chi connectivity index (χ2v) is 6.57. The van der Waals surface area contributed by atoms with Crippen LogP contribution in [0.4, 0.5) is 0 Å². The van der Waals surface area contributed by atoms with Crippen LogP contribution in [0.3, 0.4) is 0 Å². The average molecular weight is 263 g/mol. The van der Waals surface area contributed by atoms with E-state index in [1.165, 1.54) is 32.2 Å². The van der Waals surface area contributed by atoms with Crippen LogP contribution in [0, 0.1) is 17.2 Å². The summed E-state index contributed by atoms with van der Waals surface area (Å²) in [6.07, 6.45) is 7.17. The summed E-state index contributed by atoms with van der Waals surface area (Å²) in [5, 5.41) is 13.0. The predicted octanol–water partition coefficient (Wildman–Crippen LogP) is 2.92. The lowest BCUT2D eigenvalue weighted by atomic mass is 9.77. The number of hydrogen-bond donors (Lipinski definition) is 1. The first kappa shape index (κ1) is 14.8. The normalized spacial score (nSPS) is 40.8. The Morgan fingerprint density at radius 1 is 1.32 bits per heavy atom. The van der Waals surface area contributed by atoms with Crippen molar-refractivity contribution < 1.29 is 0 Å². The minimum atomic E-state index is -0.266. The zero-order valence-corrected chi connectivity index (χ0v) is 12.8. The third-order valence-electron chi connectivity index (χ3n) is 5.35. The van der Waals surface area contributed by atoms with Crippen molar-refractivity contribution in [2.45, 2.75) is 76.9 Å². The Morgan fingerprint density at radius 2 is 2.11 bits per heavy atom. The van der Waals surface area contributed by atoms with Crippen LogP contribution in [0.15, 0.2) is 0 Å². The van der Waals surface area contributed by atoms with Gasteiger partial charge in [0.1, 0.15) is 5.54 Å². The predicted molar refractivity (Wildman–Crippen MR) is 78.8 cm³/mol. The summed E-state index contributed by atoms with van der Waals surface area (Å²) in [5.41, 5.74) is -0.266. The lowest BCUT2D eigenvalue weighted by molar-refractivity contribution is 0.0356. The molecular weight excluding hydrogens is 234 g/mol. The van der Waals surface area contributed by atoms with Gasteiger partial charge in [-0.1, -0.05) is 13.8 Å². The van der Waals surface area contributed by atoms with E-state index in [9.17, 15) is 5.26 Å². The molecule has 1 heterocycles. The van der Waals surface area contributed by atoms with Crippen LogP contribution in [0.5, 0.6) is 0 Å². The zero-order valence-electron chi connectivity index (χ0n) is 12.8. The number of rotatable bonds is 3. The molecule has 1 aliphatic heterocycles. The summed E-state index contributed by atoms with van der Waals surface area (Å²) in [6, 6.07) is 3.85. The van der Waals surface area contributed by atoms with Gasteiger partial charge in [-0.3, -0.25) is 10.2 Å². The van der Waals surface area contributed by atoms with Gasteiger partial charge in [-0.2, -0.15) is 5.26 Å². The van der Waals surface area contributed by atoms with Gasteiger partial charge in [0.15, 0.2) is 0 Å². The van der Waals surface area contributed by atoms with Crippen LogP contribution >= 0.6 is 0 Å². The number of piperidine rings is 1. The highest BCUT2D eigenvalue weighted by atomic mass is 15.2. The molecule has 0 aromatic rings. The Bertz CT molecular complexity index is 331. The molecule has 4 unspecified atom stereocenters. The molecule has 2 fully saturated rings. The molecule has 0 radical (unpaired) electrons. The molecular formula is C16H29N3. The molecule has 19 heavy (non-hydrogen) atoms. The van der Waals surface area contributed by atoms with Gasteiger partial charge >= 0.3 is 0 Å². The quantitative estimate of drug-likeness (QED) is 0.851. The highest BCUT2D eigenvalue weighted by molar-refractivity contribution is 5.11. The molecule has 0 bridgehead atoms. The van der Waals surface area contributed by atoms with Gasteiger partial charge in [0.25, 0.3) is 0 Å². The van der Waals surface area contributed by atoms with E-state index in [2.05, 4.69) is 37.1 Å². The maximum atomic E-state index is 9.58. The molecule has 1 N–H and O–H groups in total. The fourth-order valence-corrected chi connectivity index (χ4v) is 4.05. The summed E-state index contributed by atoms with van der Waals surface area (Å²) in [5.74, 6) is 0.797. The van der Waals surface area contributed by atoms with Crippen molar-refractivity contribution in [2.24, 2.45) is 5.92 Å². The first-order valence-electron chi connectivity index (χ1n) is 8.04. The summed E-state index contributed by atoms with van der Waals surface area (Å²) in [7, 11) is 0. The number of nitrogens with one attached hydrogen (secondary N) is 1. The minimum absolute atomic E-state index is 0.266. The van der Waals surface area contributed by atoms with Crippen molar-refractivity contribution in [1.82, 2.24) is 10.2 Å². The Balaban J connectivity index is 2.06. The molecule has 1 saturated carbocycles. The maximum absolute atomic E-state index is 9.58. The number of nitriles is 1. The van der Waals surface area contributed by atoms with Crippen molar-refractivity contribution in [3.63, 3.8) is 0 Å². The third-order valence-corrected chi connectivity index (χ3v) is 5.35. The number of nitrogens with zero attached hydrogens (tertiary/aromatic N) is 2. The SMILES string of the molecule is CCNC1(C#N)CCCC(N2CCCC(C)C2C)C1. The second-order valence-electron chi connectivity index (χ2n) is 6.57. The van der Waals surface area contributed by atoms with Crippen molar-refractivity contribution in [3.05, 3.63) is 0 Å². The molecule has 3 nitrogen and oxygen atoms in total. The van der Waals surface area contributed by atoms with Gasteiger partial charge in [0, 0.05) is 12.1 Å². The smallest absolute Gasteiger partial charge is 0.108 e. The van der Waals surface area contributed by atoms with E-state index in [0.29, 0.717) is 12.1 Å². The Kier molecular flexibility index (Phi) is 4.86. The van der Waals surface area contributed by atoms with Crippen molar-refractivity contribution in [2.75, 3.05) is 13.1 Å². The van der Waals surface area contributed by atoms with Gasteiger partial charge in [0.2, 0.25) is 0 Å². The topological polar surface area (TPSA) is 39.1 Å². The van der Waals surface area contributed by atoms with E-state index in [0.717, 1.165) is 25.3 Å². The van der Waals surface area contributed by atoms with E-state index in [-0.39, 0.29) is 5.54 Å². The molecule has 2 rings (SSSR count). The van der Waals surface area contributed by atoms with Crippen LogP contribution in [-0.4, -0.2) is 35.6 Å². The molecule has 1 aliphatic carbocycles. The van der Waals surface area contributed by atoms with Crippen molar-refractivity contribution in [1.29, 1.82) is 5.26 Å². The summed E-state index contributed by atoms with van der Waals surface area (Å²) in [6.45, 7) is 8.98. The Morgan fingerprint density at radius 3 is 2.79 bits per heavy atom. The highest BCUT2D eigenvalue weighted by Crippen LogP contribution is 2.35. The van der Waals surface area contributed by atoms with E-state index in [1.54, 1.807) is 0 Å². The fourth-order valence-electron chi connectivity index (χ4n) is 4.05. The molecule has 108 valence electrons. The van der Waals surface area contributed by atoms with E-state index in [4.69, 9.17) is 0 Å². The Labute approximate surface area is 118 Å². The van der Waals surface area contributed by atoms with Gasteiger partial charge in [-0.05, 0) is 64.5 Å². The first-order chi connectivity index (χ1) is 9.12. The fraction of sp³-hybridized carbons (Fsp3) is 0.938. The zero-order chi connectivity index (χ0) is 13.9. The number of likely N-dealkylation sites (tertiary alicyclic amines) is 1. The molecule has 2 aliphatic rings. The van der Waals surface area contributed by atoms with Crippen molar-refractivity contribution >= 4 is 0 Å².